The number of hydrogen-bond donors (Lipinski definition) is 0. The Hall–Kier alpha value is -1.67. The molecule has 1 saturated heterocycles. The molecule has 2 nitrogen and oxygen atoms in total. The van der Waals surface area contributed by atoms with Crippen LogP contribution in [0, 0.1) is 0 Å². The second-order valence-corrected chi connectivity index (χ2v) is 4.30. The third-order valence-corrected chi connectivity index (χ3v) is 2.55. The number of hydrogen-bond acceptors (Lipinski definition) is 2. The normalized spacial score (nSPS) is 22.2. The van der Waals surface area contributed by atoms with Gasteiger partial charge in [-0.3, -0.25) is 4.79 Å². The minimum Gasteiger partial charge on any atom is -0.372 e. The second kappa shape index (κ2) is 6.92. The Labute approximate surface area is 109 Å². The van der Waals surface area contributed by atoms with Crippen LogP contribution < -0.4 is 0 Å². The maximum atomic E-state index is 12.2. The Bertz CT molecular complexity index is 459. The Kier molecular flexibility index (Phi) is 5.53. The maximum Gasteiger partial charge on any atom is 0.189 e. The predicted octanol–water partition coefficient (Wildman–Crippen LogP) is 3.54. The molecule has 1 heterocycles. The zero-order chi connectivity index (χ0) is 13.5. The summed E-state index contributed by atoms with van der Waals surface area (Å²) in [6.07, 6.45) is 9.56. The van der Waals surface area contributed by atoms with E-state index in [0.717, 1.165) is 11.1 Å². The summed E-state index contributed by atoms with van der Waals surface area (Å²) in [4.78, 5) is 12.2. The van der Waals surface area contributed by atoms with Crippen molar-refractivity contribution in [2.75, 3.05) is 13.2 Å². The molecule has 1 aliphatic heterocycles. The van der Waals surface area contributed by atoms with Crippen LogP contribution in [-0.4, -0.2) is 19.0 Å². The van der Waals surface area contributed by atoms with Gasteiger partial charge < -0.3 is 4.74 Å². The summed E-state index contributed by atoms with van der Waals surface area (Å²) in [5.74, 6) is 0.0631. The van der Waals surface area contributed by atoms with Crippen molar-refractivity contribution in [2.24, 2.45) is 0 Å². The summed E-state index contributed by atoms with van der Waals surface area (Å²) >= 11 is 0. The SMILES string of the molecule is C=C(C)/C=C1\COC\C(=C/C(/C=C\C)=C/C)C1=O. The molecule has 0 radical (unpaired) electrons. The molecule has 0 aliphatic carbocycles. The maximum absolute atomic E-state index is 12.2. The number of ketones is 1. The van der Waals surface area contributed by atoms with Crippen molar-refractivity contribution in [2.45, 2.75) is 20.8 Å². The molecule has 0 aromatic carbocycles. The molecule has 0 saturated carbocycles. The lowest BCUT2D eigenvalue weighted by Gasteiger charge is -2.17. The van der Waals surface area contributed by atoms with E-state index in [1.54, 1.807) is 6.08 Å². The number of carbonyl (C=O) groups excluding carboxylic acids is 1. The van der Waals surface area contributed by atoms with E-state index in [0.29, 0.717) is 24.4 Å². The summed E-state index contributed by atoms with van der Waals surface area (Å²) < 4.78 is 5.44. The van der Waals surface area contributed by atoms with Crippen molar-refractivity contribution in [1.82, 2.24) is 0 Å². The molecule has 0 amide bonds. The largest absolute Gasteiger partial charge is 0.372 e. The van der Waals surface area contributed by atoms with E-state index in [9.17, 15) is 4.79 Å². The lowest BCUT2D eigenvalue weighted by atomic mass is 9.98. The van der Waals surface area contributed by atoms with Gasteiger partial charge in [-0.2, -0.15) is 0 Å². The summed E-state index contributed by atoms with van der Waals surface area (Å²) in [6, 6.07) is 0. The van der Waals surface area contributed by atoms with Crippen LogP contribution in [0.15, 0.2) is 59.3 Å². The molecule has 0 spiro atoms. The van der Waals surface area contributed by atoms with Crippen LogP contribution in [-0.2, 0) is 9.53 Å². The van der Waals surface area contributed by atoms with E-state index in [2.05, 4.69) is 6.58 Å². The zero-order valence-corrected chi connectivity index (χ0v) is 11.3. The van der Waals surface area contributed by atoms with Crippen molar-refractivity contribution in [1.29, 1.82) is 0 Å². The summed E-state index contributed by atoms with van der Waals surface area (Å²) in [7, 11) is 0. The van der Waals surface area contributed by atoms with Crippen molar-refractivity contribution < 1.29 is 9.53 Å². The minimum atomic E-state index is 0.0631. The van der Waals surface area contributed by atoms with Gasteiger partial charge in [0.1, 0.15) is 0 Å². The van der Waals surface area contributed by atoms with Crippen LogP contribution in [0.1, 0.15) is 20.8 Å². The fraction of sp³-hybridized carbons (Fsp3) is 0.312. The van der Waals surface area contributed by atoms with E-state index < -0.39 is 0 Å². The van der Waals surface area contributed by atoms with Gasteiger partial charge in [0.15, 0.2) is 5.78 Å². The smallest absolute Gasteiger partial charge is 0.189 e. The quantitative estimate of drug-likeness (QED) is 0.560. The van der Waals surface area contributed by atoms with Crippen molar-refractivity contribution in [3.8, 4) is 0 Å². The van der Waals surface area contributed by atoms with E-state index >= 15 is 0 Å². The highest BCUT2D eigenvalue weighted by Crippen LogP contribution is 2.18. The van der Waals surface area contributed by atoms with Gasteiger partial charge in [-0.15, -0.1) is 0 Å². The molecular weight excluding hydrogens is 224 g/mol. The topological polar surface area (TPSA) is 26.3 Å². The summed E-state index contributed by atoms with van der Waals surface area (Å²) in [5, 5.41) is 0. The molecule has 1 fully saturated rings. The first-order chi connectivity index (χ1) is 8.58. The monoisotopic (exact) mass is 244 g/mol. The van der Waals surface area contributed by atoms with Gasteiger partial charge in [-0.1, -0.05) is 36.5 Å². The average molecular weight is 244 g/mol. The van der Waals surface area contributed by atoms with Crippen LogP contribution in [0.4, 0.5) is 0 Å². The van der Waals surface area contributed by atoms with Crippen LogP contribution in [0.2, 0.25) is 0 Å². The molecule has 0 N–H and O–H groups in total. The van der Waals surface area contributed by atoms with Gasteiger partial charge in [0.05, 0.1) is 13.2 Å². The first-order valence-corrected chi connectivity index (χ1v) is 6.06. The Morgan fingerprint density at radius 3 is 2.33 bits per heavy atom. The van der Waals surface area contributed by atoms with Gasteiger partial charge in [0.25, 0.3) is 0 Å². The highest BCUT2D eigenvalue weighted by Gasteiger charge is 2.20. The average Bonchev–Trinajstić information content (AvgIpc) is 2.32. The molecule has 2 heteroatoms. The second-order valence-electron chi connectivity index (χ2n) is 4.30. The highest BCUT2D eigenvalue weighted by atomic mass is 16.5. The predicted molar refractivity (Wildman–Crippen MR) is 75.4 cm³/mol. The Balaban J connectivity index is 3.00. The first kappa shape index (κ1) is 14.4. The lowest BCUT2D eigenvalue weighted by Crippen LogP contribution is -2.22. The Morgan fingerprint density at radius 1 is 1.22 bits per heavy atom. The standard InChI is InChI=1S/C16H20O2/c1-5-7-13(6-2)9-15-11-18-10-14(16(15)17)8-12(3)4/h5-9H,3,10-11H2,1-2,4H3/b7-5-,13-6+,14-8+,15-9+. The molecule has 96 valence electrons. The molecule has 0 bridgehead atoms. The van der Waals surface area contributed by atoms with Gasteiger partial charge in [-0.25, -0.2) is 0 Å². The lowest BCUT2D eigenvalue weighted by molar-refractivity contribution is -0.114. The number of Topliss-reactive ketones (excluding diaryl/α,β-unsaturated/α-hetero) is 1. The van der Waals surface area contributed by atoms with E-state index in [1.807, 2.05) is 45.1 Å². The summed E-state index contributed by atoms with van der Waals surface area (Å²) in [5.41, 5.74) is 3.25. The van der Waals surface area contributed by atoms with Gasteiger partial charge in [0, 0.05) is 11.1 Å². The highest BCUT2D eigenvalue weighted by molar-refractivity contribution is 6.09. The van der Waals surface area contributed by atoms with E-state index in [4.69, 9.17) is 4.74 Å². The molecule has 1 rings (SSSR count). The number of allylic oxidation sites excluding steroid dienone is 7. The molecular formula is C16H20O2. The van der Waals surface area contributed by atoms with Gasteiger partial charge >= 0.3 is 0 Å². The third kappa shape index (κ3) is 3.97. The third-order valence-electron chi connectivity index (χ3n) is 2.55. The van der Waals surface area contributed by atoms with Crippen molar-refractivity contribution in [3.63, 3.8) is 0 Å². The van der Waals surface area contributed by atoms with E-state index in [1.165, 1.54) is 0 Å². The zero-order valence-electron chi connectivity index (χ0n) is 11.3. The fourth-order valence-corrected chi connectivity index (χ4v) is 1.74. The Morgan fingerprint density at radius 2 is 1.83 bits per heavy atom. The van der Waals surface area contributed by atoms with Gasteiger partial charge in [0.2, 0.25) is 0 Å². The van der Waals surface area contributed by atoms with Gasteiger partial charge in [-0.05, 0) is 32.4 Å². The molecule has 0 atom stereocenters. The van der Waals surface area contributed by atoms with Crippen LogP contribution in [0.25, 0.3) is 0 Å². The number of carbonyl (C=O) groups is 1. The van der Waals surface area contributed by atoms with E-state index in [-0.39, 0.29) is 5.78 Å². The van der Waals surface area contributed by atoms with Crippen molar-refractivity contribution in [3.05, 3.63) is 59.3 Å². The molecule has 0 unspecified atom stereocenters. The molecule has 0 aromatic heterocycles. The van der Waals surface area contributed by atoms with Crippen LogP contribution >= 0.6 is 0 Å². The number of rotatable bonds is 3. The fourth-order valence-electron chi connectivity index (χ4n) is 1.74. The first-order valence-electron chi connectivity index (χ1n) is 6.06. The van der Waals surface area contributed by atoms with Crippen LogP contribution in [0.5, 0.6) is 0 Å². The molecule has 18 heavy (non-hydrogen) atoms. The van der Waals surface area contributed by atoms with Crippen LogP contribution in [0.3, 0.4) is 0 Å². The summed E-state index contributed by atoms with van der Waals surface area (Å²) in [6.45, 7) is 10.3. The minimum absolute atomic E-state index is 0.0631. The molecule has 1 aliphatic rings. The number of ether oxygens (including phenoxy) is 1. The molecule has 0 aromatic rings. The van der Waals surface area contributed by atoms with Crippen molar-refractivity contribution >= 4 is 5.78 Å².